The van der Waals surface area contributed by atoms with E-state index in [4.69, 9.17) is 4.74 Å². The summed E-state index contributed by atoms with van der Waals surface area (Å²) in [6.45, 7) is 13.9. The van der Waals surface area contributed by atoms with Crippen molar-refractivity contribution in [3.8, 4) is 0 Å². The predicted octanol–water partition coefficient (Wildman–Crippen LogP) is 2.90. The third kappa shape index (κ3) is 3.11. The lowest BCUT2D eigenvalue weighted by atomic mass is 9.84. The Hall–Kier alpha value is -0.730. The van der Waals surface area contributed by atoms with Crippen molar-refractivity contribution >= 4 is 6.09 Å². The summed E-state index contributed by atoms with van der Waals surface area (Å²) in [7, 11) is 0. The minimum absolute atomic E-state index is 0.181. The molecule has 1 fully saturated rings. The topological polar surface area (TPSA) is 29.5 Å². The molecule has 0 bridgehead atoms. The van der Waals surface area contributed by atoms with Crippen LogP contribution in [0.25, 0.3) is 0 Å². The normalized spacial score (nSPS) is 25.5. The second kappa shape index (κ2) is 3.69. The van der Waals surface area contributed by atoms with Gasteiger partial charge in [-0.15, -0.1) is 0 Å². The van der Waals surface area contributed by atoms with Gasteiger partial charge in [-0.2, -0.15) is 0 Å². The molecule has 0 aromatic carbocycles. The standard InChI is InChI=1S/C12H23NO2/c1-9-7-13(8-12(9,5)6)10(14)15-11(2,3)4/h9H,7-8H2,1-6H3/t9-/m0/s1. The van der Waals surface area contributed by atoms with E-state index in [1.165, 1.54) is 0 Å². The summed E-state index contributed by atoms with van der Waals surface area (Å²) >= 11 is 0. The molecule has 1 saturated heterocycles. The van der Waals surface area contributed by atoms with Crippen molar-refractivity contribution in [1.82, 2.24) is 4.90 Å². The molecule has 1 atom stereocenters. The second-order valence-electron chi connectivity index (χ2n) is 6.25. The molecule has 1 aliphatic rings. The van der Waals surface area contributed by atoms with E-state index in [0.29, 0.717) is 5.92 Å². The molecule has 0 aliphatic carbocycles. The van der Waals surface area contributed by atoms with Gasteiger partial charge in [0.2, 0.25) is 0 Å². The fourth-order valence-corrected chi connectivity index (χ4v) is 1.76. The largest absolute Gasteiger partial charge is 0.444 e. The number of rotatable bonds is 0. The van der Waals surface area contributed by atoms with Gasteiger partial charge in [0.25, 0.3) is 0 Å². The molecule has 1 amide bonds. The number of likely N-dealkylation sites (tertiary alicyclic amines) is 1. The molecule has 88 valence electrons. The lowest BCUT2D eigenvalue weighted by Gasteiger charge is -2.25. The first kappa shape index (κ1) is 12.3. The molecule has 1 heterocycles. The Labute approximate surface area is 92.8 Å². The average Bonchev–Trinajstić information content (AvgIpc) is 2.23. The van der Waals surface area contributed by atoms with Crippen LogP contribution < -0.4 is 0 Å². The molecule has 15 heavy (non-hydrogen) atoms. The van der Waals surface area contributed by atoms with Crippen molar-refractivity contribution in [2.45, 2.75) is 47.1 Å². The van der Waals surface area contributed by atoms with Crippen LogP contribution in [0.4, 0.5) is 4.79 Å². The molecule has 0 N–H and O–H groups in total. The van der Waals surface area contributed by atoms with Gasteiger partial charge >= 0.3 is 6.09 Å². The molecule has 0 radical (unpaired) electrons. The van der Waals surface area contributed by atoms with Gasteiger partial charge in [-0.1, -0.05) is 20.8 Å². The Morgan fingerprint density at radius 3 is 2.27 bits per heavy atom. The number of carbonyl (C=O) groups excluding carboxylic acids is 1. The molecule has 3 heteroatoms. The van der Waals surface area contributed by atoms with Crippen molar-refractivity contribution in [3.63, 3.8) is 0 Å². The minimum atomic E-state index is -0.396. The molecule has 0 aromatic rings. The van der Waals surface area contributed by atoms with Crippen LogP contribution in [-0.2, 0) is 4.74 Å². The van der Waals surface area contributed by atoms with Gasteiger partial charge in [-0.05, 0) is 32.1 Å². The average molecular weight is 213 g/mol. The van der Waals surface area contributed by atoms with Crippen molar-refractivity contribution < 1.29 is 9.53 Å². The van der Waals surface area contributed by atoms with Gasteiger partial charge in [0.1, 0.15) is 5.60 Å². The van der Waals surface area contributed by atoms with E-state index in [-0.39, 0.29) is 11.5 Å². The van der Waals surface area contributed by atoms with Crippen molar-refractivity contribution in [2.24, 2.45) is 11.3 Å². The first-order valence-corrected chi connectivity index (χ1v) is 5.60. The zero-order chi connectivity index (χ0) is 11.9. The number of hydrogen-bond donors (Lipinski definition) is 0. The maximum Gasteiger partial charge on any atom is 0.410 e. The first-order chi connectivity index (χ1) is 6.62. The first-order valence-electron chi connectivity index (χ1n) is 5.60. The van der Waals surface area contributed by atoms with E-state index in [0.717, 1.165) is 13.1 Å². The molecule has 0 saturated carbocycles. The quantitative estimate of drug-likeness (QED) is 0.619. The lowest BCUT2D eigenvalue weighted by Crippen LogP contribution is -2.36. The highest BCUT2D eigenvalue weighted by Gasteiger charge is 2.39. The molecular formula is C12H23NO2. The van der Waals surface area contributed by atoms with E-state index in [1.807, 2.05) is 25.7 Å². The van der Waals surface area contributed by atoms with Gasteiger partial charge < -0.3 is 9.64 Å². The van der Waals surface area contributed by atoms with Crippen LogP contribution in [-0.4, -0.2) is 29.7 Å². The third-order valence-electron chi connectivity index (χ3n) is 3.08. The van der Waals surface area contributed by atoms with Crippen molar-refractivity contribution in [2.75, 3.05) is 13.1 Å². The Kier molecular flexibility index (Phi) is 3.04. The molecule has 1 aliphatic heterocycles. The Balaban J connectivity index is 2.58. The summed E-state index contributed by atoms with van der Waals surface area (Å²) < 4.78 is 5.35. The maximum atomic E-state index is 11.8. The maximum absolute atomic E-state index is 11.8. The highest BCUT2D eigenvalue weighted by molar-refractivity contribution is 5.68. The zero-order valence-corrected chi connectivity index (χ0v) is 10.8. The van der Waals surface area contributed by atoms with Gasteiger partial charge in [0, 0.05) is 13.1 Å². The Morgan fingerprint density at radius 1 is 1.40 bits per heavy atom. The Bertz CT molecular complexity index is 253. The molecular weight excluding hydrogens is 190 g/mol. The van der Waals surface area contributed by atoms with Crippen LogP contribution in [0.5, 0.6) is 0 Å². The number of hydrogen-bond acceptors (Lipinski definition) is 2. The Morgan fingerprint density at radius 2 is 1.93 bits per heavy atom. The third-order valence-corrected chi connectivity index (χ3v) is 3.08. The summed E-state index contributed by atoms with van der Waals surface area (Å²) in [5, 5.41) is 0. The highest BCUT2D eigenvalue weighted by atomic mass is 16.6. The molecule has 0 unspecified atom stereocenters. The van der Waals surface area contributed by atoms with Crippen LogP contribution >= 0.6 is 0 Å². The summed E-state index contributed by atoms with van der Waals surface area (Å²) in [6, 6.07) is 0. The van der Waals surface area contributed by atoms with E-state index >= 15 is 0 Å². The van der Waals surface area contributed by atoms with Crippen LogP contribution in [0.15, 0.2) is 0 Å². The summed E-state index contributed by atoms with van der Waals surface area (Å²) in [5.74, 6) is 0.532. The van der Waals surface area contributed by atoms with Gasteiger partial charge in [-0.25, -0.2) is 4.79 Å². The van der Waals surface area contributed by atoms with Gasteiger partial charge in [0.05, 0.1) is 0 Å². The predicted molar refractivity (Wildman–Crippen MR) is 60.8 cm³/mol. The minimum Gasteiger partial charge on any atom is -0.444 e. The molecule has 0 spiro atoms. The van der Waals surface area contributed by atoms with Crippen molar-refractivity contribution in [3.05, 3.63) is 0 Å². The van der Waals surface area contributed by atoms with Crippen LogP contribution in [0, 0.1) is 11.3 Å². The van der Waals surface area contributed by atoms with Crippen LogP contribution in [0.1, 0.15) is 41.5 Å². The number of nitrogens with zero attached hydrogens (tertiary/aromatic N) is 1. The SMILES string of the molecule is C[C@H]1CN(C(=O)OC(C)(C)C)CC1(C)C. The van der Waals surface area contributed by atoms with E-state index < -0.39 is 5.60 Å². The van der Waals surface area contributed by atoms with Gasteiger partial charge in [-0.3, -0.25) is 0 Å². The van der Waals surface area contributed by atoms with Gasteiger partial charge in [0.15, 0.2) is 0 Å². The fraction of sp³-hybridized carbons (Fsp3) is 0.917. The number of amides is 1. The molecule has 0 aromatic heterocycles. The summed E-state index contributed by atoms with van der Waals surface area (Å²) in [5.41, 5.74) is -0.191. The second-order valence-corrected chi connectivity index (χ2v) is 6.25. The smallest absolute Gasteiger partial charge is 0.410 e. The fourth-order valence-electron chi connectivity index (χ4n) is 1.76. The zero-order valence-electron chi connectivity index (χ0n) is 10.8. The molecule has 1 rings (SSSR count). The summed E-state index contributed by atoms with van der Waals surface area (Å²) in [4.78, 5) is 13.6. The van der Waals surface area contributed by atoms with Crippen LogP contribution in [0.2, 0.25) is 0 Å². The summed E-state index contributed by atoms with van der Waals surface area (Å²) in [6.07, 6.45) is -0.181. The lowest BCUT2D eigenvalue weighted by molar-refractivity contribution is 0.0277. The van der Waals surface area contributed by atoms with E-state index in [2.05, 4.69) is 20.8 Å². The van der Waals surface area contributed by atoms with E-state index in [1.54, 1.807) is 0 Å². The highest BCUT2D eigenvalue weighted by Crippen LogP contribution is 2.35. The van der Waals surface area contributed by atoms with Crippen molar-refractivity contribution in [1.29, 1.82) is 0 Å². The molecule has 3 nitrogen and oxygen atoms in total. The van der Waals surface area contributed by atoms with Crippen LogP contribution in [0.3, 0.4) is 0 Å². The van der Waals surface area contributed by atoms with E-state index in [9.17, 15) is 4.79 Å². The number of carbonyl (C=O) groups is 1. The monoisotopic (exact) mass is 213 g/mol. The number of ether oxygens (including phenoxy) is 1.